The van der Waals surface area contributed by atoms with E-state index in [-0.39, 0.29) is 34.6 Å². The third kappa shape index (κ3) is 5.50. The lowest BCUT2D eigenvalue weighted by atomic mass is 10.0. The number of carbonyl (C=O) groups is 1. The van der Waals surface area contributed by atoms with Crippen LogP contribution < -0.4 is 9.04 Å². The van der Waals surface area contributed by atoms with Crippen LogP contribution in [0.4, 0.5) is 5.69 Å². The minimum absolute atomic E-state index is 0.0415. The summed E-state index contributed by atoms with van der Waals surface area (Å²) >= 11 is 0. The van der Waals surface area contributed by atoms with Gasteiger partial charge < -0.3 is 14.6 Å². The highest BCUT2D eigenvalue weighted by atomic mass is 32.2. The van der Waals surface area contributed by atoms with Crippen LogP contribution in [0, 0.1) is 25.7 Å². The van der Waals surface area contributed by atoms with E-state index in [1.54, 1.807) is 18.7 Å². The summed E-state index contributed by atoms with van der Waals surface area (Å²) in [6, 6.07) is 4.03. The number of nitrogens with zero attached hydrogens (tertiary/aromatic N) is 3. The summed E-state index contributed by atoms with van der Waals surface area (Å²) in [6.07, 6.45) is 1.70. The van der Waals surface area contributed by atoms with Crippen LogP contribution in [0.25, 0.3) is 0 Å². The third-order valence-corrected chi connectivity index (χ3v) is 7.60. The van der Waals surface area contributed by atoms with Crippen molar-refractivity contribution < 1.29 is 27.8 Å². The number of rotatable bonds is 9. The quantitative estimate of drug-likeness (QED) is 0.587. The molecule has 0 unspecified atom stereocenters. The van der Waals surface area contributed by atoms with Gasteiger partial charge in [0, 0.05) is 26.8 Å². The third-order valence-electron chi connectivity index (χ3n) is 5.84. The van der Waals surface area contributed by atoms with Crippen molar-refractivity contribution in [3.8, 4) is 5.75 Å². The molecule has 0 amide bonds. The molecule has 2 heterocycles. The summed E-state index contributed by atoms with van der Waals surface area (Å²) in [5.41, 5.74) is 1.65. The van der Waals surface area contributed by atoms with E-state index >= 15 is 0 Å². The van der Waals surface area contributed by atoms with Gasteiger partial charge in [-0.25, -0.2) is 13.2 Å². The van der Waals surface area contributed by atoms with Gasteiger partial charge in [-0.15, -0.1) is 0 Å². The smallest absolute Gasteiger partial charge is 0.339 e. The number of ether oxygens (including phenoxy) is 2. The number of benzene rings is 1. The summed E-state index contributed by atoms with van der Waals surface area (Å²) in [7, 11) is -2.28. The number of hydrogen-bond donors (Lipinski definition) is 1. The minimum Gasteiger partial charge on any atom is -0.492 e. The normalized spacial score (nSPS) is 15.1. The van der Waals surface area contributed by atoms with Crippen LogP contribution in [-0.2, 0) is 21.8 Å². The fraction of sp³-hybridized carbons (Fsp3) is 0.565. The maximum Gasteiger partial charge on any atom is 0.339 e. The van der Waals surface area contributed by atoms with E-state index in [0.29, 0.717) is 36.9 Å². The molecule has 1 aliphatic rings. The van der Waals surface area contributed by atoms with Crippen LogP contribution in [-0.4, -0.2) is 55.6 Å². The van der Waals surface area contributed by atoms with Gasteiger partial charge in [0.05, 0.1) is 28.6 Å². The van der Waals surface area contributed by atoms with E-state index in [4.69, 9.17) is 9.47 Å². The molecule has 1 aromatic heterocycles. The van der Waals surface area contributed by atoms with E-state index in [2.05, 4.69) is 5.10 Å². The topological polar surface area (TPSA) is 111 Å². The maximum absolute atomic E-state index is 13.7. The second kappa shape index (κ2) is 10.1. The van der Waals surface area contributed by atoms with Crippen molar-refractivity contribution in [3.05, 3.63) is 35.2 Å². The highest BCUT2D eigenvalue weighted by Gasteiger charge is 2.31. The molecule has 0 spiro atoms. The van der Waals surface area contributed by atoms with Gasteiger partial charge in [0.15, 0.2) is 0 Å². The van der Waals surface area contributed by atoms with E-state index in [9.17, 15) is 18.3 Å². The monoisotopic (exact) mass is 479 g/mol. The molecule has 1 aromatic carbocycles. The molecule has 2 aromatic rings. The number of hydrogen-bond acceptors (Lipinski definition) is 6. The predicted octanol–water partition coefficient (Wildman–Crippen LogP) is 3.39. The highest BCUT2D eigenvalue weighted by Crippen LogP contribution is 2.32. The van der Waals surface area contributed by atoms with Crippen molar-refractivity contribution in [2.75, 3.05) is 30.7 Å². The highest BCUT2D eigenvalue weighted by molar-refractivity contribution is 7.92. The molecule has 9 nitrogen and oxygen atoms in total. The van der Waals surface area contributed by atoms with Crippen molar-refractivity contribution in [2.45, 2.75) is 45.4 Å². The fourth-order valence-corrected chi connectivity index (χ4v) is 5.74. The van der Waals surface area contributed by atoms with Crippen LogP contribution in [0.15, 0.2) is 23.1 Å². The summed E-state index contributed by atoms with van der Waals surface area (Å²) in [4.78, 5) is 11.9. The zero-order valence-electron chi connectivity index (χ0n) is 19.9. The molecule has 1 aliphatic heterocycles. The largest absolute Gasteiger partial charge is 0.492 e. The van der Waals surface area contributed by atoms with Crippen molar-refractivity contribution in [1.29, 1.82) is 0 Å². The molecular weight excluding hydrogens is 446 g/mol. The molecule has 182 valence electrons. The Balaban J connectivity index is 1.97. The number of carboxylic acids is 1. The van der Waals surface area contributed by atoms with E-state index in [0.717, 1.165) is 12.8 Å². The zero-order valence-corrected chi connectivity index (χ0v) is 20.7. The van der Waals surface area contributed by atoms with Gasteiger partial charge >= 0.3 is 5.97 Å². The molecule has 33 heavy (non-hydrogen) atoms. The molecule has 1 N–H and O–H groups in total. The summed E-state index contributed by atoms with van der Waals surface area (Å²) in [5, 5.41) is 14.1. The molecule has 0 bridgehead atoms. The lowest BCUT2D eigenvalue weighted by Crippen LogP contribution is -2.35. The van der Waals surface area contributed by atoms with Gasteiger partial charge in [-0.2, -0.15) is 5.10 Å². The Kier molecular flexibility index (Phi) is 7.69. The van der Waals surface area contributed by atoms with Gasteiger partial charge in [-0.1, -0.05) is 13.8 Å². The van der Waals surface area contributed by atoms with Crippen LogP contribution in [0.2, 0.25) is 0 Å². The van der Waals surface area contributed by atoms with Crippen molar-refractivity contribution >= 4 is 21.7 Å². The predicted molar refractivity (Wildman–Crippen MR) is 124 cm³/mol. The molecule has 0 atom stereocenters. The van der Waals surface area contributed by atoms with Crippen molar-refractivity contribution in [1.82, 2.24) is 9.78 Å². The minimum atomic E-state index is -4.04. The fourth-order valence-electron chi connectivity index (χ4n) is 3.98. The second-order valence-corrected chi connectivity index (χ2v) is 10.8. The Hall–Kier alpha value is -2.59. The lowest BCUT2D eigenvalue weighted by molar-refractivity contribution is 0.0490. The van der Waals surface area contributed by atoms with Gasteiger partial charge in [0.2, 0.25) is 0 Å². The van der Waals surface area contributed by atoms with Crippen LogP contribution in [0.5, 0.6) is 5.75 Å². The average Bonchev–Trinajstić information content (AvgIpc) is 3.02. The van der Waals surface area contributed by atoms with Gasteiger partial charge in [0.25, 0.3) is 10.0 Å². The summed E-state index contributed by atoms with van der Waals surface area (Å²) in [6.45, 7) is 9.36. The number of sulfonamides is 1. The number of aromatic nitrogens is 2. The first kappa shape index (κ1) is 25.0. The number of anilines is 1. The molecule has 10 heteroatoms. The van der Waals surface area contributed by atoms with Gasteiger partial charge in [-0.3, -0.25) is 8.99 Å². The molecule has 3 rings (SSSR count). The molecular formula is C23H33N3O6S. The van der Waals surface area contributed by atoms with E-state index < -0.39 is 16.0 Å². The van der Waals surface area contributed by atoms with Gasteiger partial charge in [0.1, 0.15) is 11.3 Å². The Morgan fingerprint density at radius 2 is 1.97 bits per heavy atom. The van der Waals surface area contributed by atoms with Crippen LogP contribution in [0.1, 0.15) is 48.4 Å². The molecule has 0 saturated carbocycles. The molecule has 0 radical (unpaired) electrons. The lowest BCUT2D eigenvalue weighted by Gasteiger charge is -2.27. The molecule has 0 aliphatic carbocycles. The first-order chi connectivity index (χ1) is 15.5. The number of aryl methyl sites for hydroxylation is 2. The standard InChI is InChI=1S/C23H33N3O6S/c1-15(2)13-26(22-16(3)24-25(5)17(22)4)33(29,30)19-6-7-21(20(12-19)23(27)28)32-14-18-8-10-31-11-9-18/h6-7,12,15,18H,8-11,13-14H2,1-5H3,(H,27,28). The number of aromatic carboxylic acids is 1. The van der Waals surface area contributed by atoms with Crippen molar-refractivity contribution in [2.24, 2.45) is 18.9 Å². The van der Waals surface area contributed by atoms with Gasteiger partial charge in [-0.05, 0) is 56.7 Å². The van der Waals surface area contributed by atoms with E-state index in [1.807, 2.05) is 20.8 Å². The Labute approximate surface area is 195 Å². The first-order valence-electron chi connectivity index (χ1n) is 11.1. The first-order valence-corrected chi connectivity index (χ1v) is 12.6. The Morgan fingerprint density at radius 1 is 1.30 bits per heavy atom. The number of carboxylic acid groups (broad SMARTS) is 1. The summed E-state index contributed by atoms with van der Waals surface area (Å²) < 4.78 is 41.5. The maximum atomic E-state index is 13.7. The second-order valence-electron chi connectivity index (χ2n) is 8.90. The van der Waals surface area contributed by atoms with E-state index in [1.165, 1.54) is 22.5 Å². The average molecular weight is 480 g/mol. The van der Waals surface area contributed by atoms with Crippen LogP contribution >= 0.6 is 0 Å². The summed E-state index contributed by atoms with van der Waals surface area (Å²) in [5.74, 6) is -0.753. The zero-order chi connectivity index (χ0) is 24.3. The molecule has 1 saturated heterocycles. The SMILES string of the molecule is Cc1nn(C)c(C)c1N(CC(C)C)S(=O)(=O)c1ccc(OCC2CCOCC2)c(C(=O)O)c1. The van der Waals surface area contributed by atoms with Crippen molar-refractivity contribution in [3.63, 3.8) is 0 Å². The Bertz CT molecular complexity index is 1100. The molecule has 1 fully saturated rings. The van der Waals surface area contributed by atoms with Crippen LogP contribution in [0.3, 0.4) is 0 Å². The Morgan fingerprint density at radius 3 is 2.52 bits per heavy atom.